The fraction of sp³-hybridized carbons (Fsp3) is 0.125. The Hall–Kier alpha value is -1.08. The Balaban J connectivity index is 3.21. The van der Waals surface area contributed by atoms with E-state index in [2.05, 4.69) is 0 Å². The number of aryl methyl sites for hydroxylation is 1. The number of rotatable bonds is 1. The maximum Gasteiger partial charge on any atom is 0.141 e. The lowest BCUT2D eigenvalue weighted by Gasteiger charge is -1.99. The molecule has 1 nitrogen and oxygen atoms in total. The summed E-state index contributed by atoms with van der Waals surface area (Å²) >= 11 is 0.493. The average molecular weight is 185 g/mol. The van der Waals surface area contributed by atoms with E-state index in [1.54, 1.807) is 12.3 Å². The summed E-state index contributed by atoms with van der Waals surface area (Å²) < 4.78 is 25.8. The van der Waals surface area contributed by atoms with Crippen LogP contribution in [0, 0.1) is 29.2 Å². The molecule has 12 heavy (non-hydrogen) atoms. The number of hydrogen-bond acceptors (Lipinski definition) is 2. The molecule has 0 saturated heterocycles. The van der Waals surface area contributed by atoms with Crippen molar-refractivity contribution < 1.29 is 8.78 Å². The van der Waals surface area contributed by atoms with Crippen LogP contribution >= 0.6 is 11.8 Å². The fourth-order valence-electron chi connectivity index (χ4n) is 0.830. The molecule has 0 aromatic heterocycles. The second-order valence-corrected chi connectivity index (χ2v) is 3.05. The van der Waals surface area contributed by atoms with Gasteiger partial charge in [0.1, 0.15) is 17.0 Å². The molecule has 0 aliphatic carbocycles. The van der Waals surface area contributed by atoms with Gasteiger partial charge in [-0.05, 0) is 36.4 Å². The lowest BCUT2D eigenvalue weighted by Crippen LogP contribution is -1.88. The van der Waals surface area contributed by atoms with Crippen molar-refractivity contribution in [1.82, 2.24) is 0 Å². The van der Waals surface area contributed by atoms with Gasteiger partial charge in [-0.25, -0.2) is 8.78 Å². The van der Waals surface area contributed by atoms with Gasteiger partial charge in [-0.15, -0.1) is 0 Å². The van der Waals surface area contributed by atoms with E-state index in [1.807, 2.05) is 0 Å². The van der Waals surface area contributed by atoms with Crippen LogP contribution in [-0.2, 0) is 0 Å². The summed E-state index contributed by atoms with van der Waals surface area (Å²) in [6, 6.07) is 2.39. The standard InChI is InChI=1S/C8H5F2NS/c1-5-2-6(9)8(12-4-11)7(10)3-5/h2-3H,1H3. The Morgan fingerprint density at radius 3 is 2.25 bits per heavy atom. The Bertz CT molecular complexity index is 320. The summed E-state index contributed by atoms with van der Waals surface area (Å²) in [5.74, 6) is -1.36. The maximum absolute atomic E-state index is 12.9. The van der Waals surface area contributed by atoms with Crippen molar-refractivity contribution in [2.24, 2.45) is 0 Å². The summed E-state index contributed by atoms with van der Waals surface area (Å²) in [5, 5.41) is 9.84. The lowest BCUT2D eigenvalue weighted by atomic mass is 10.2. The molecule has 0 atom stereocenters. The van der Waals surface area contributed by atoms with Crippen LogP contribution in [0.2, 0.25) is 0 Å². The van der Waals surface area contributed by atoms with E-state index in [4.69, 9.17) is 5.26 Å². The number of halogens is 2. The monoisotopic (exact) mass is 185 g/mol. The van der Waals surface area contributed by atoms with Gasteiger partial charge in [-0.1, -0.05) is 0 Å². The molecule has 0 spiro atoms. The molecule has 0 aliphatic heterocycles. The zero-order chi connectivity index (χ0) is 9.14. The van der Waals surface area contributed by atoms with E-state index >= 15 is 0 Å². The number of benzene rings is 1. The van der Waals surface area contributed by atoms with Gasteiger partial charge in [0.15, 0.2) is 0 Å². The molecule has 0 amide bonds. The Morgan fingerprint density at radius 2 is 1.83 bits per heavy atom. The molecule has 4 heteroatoms. The van der Waals surface area contributed by atoms with Crippen LogP contribution in [0.1, 0.15) is 5.56 Å². The zero-order valence-electron chi connectivity index (χ0n) is 6.27. The highest BCUT2D eigenvalue weighted by Crippen LogP contribution is 2.24. The van der Waals surface area contributed by atoms with Crippen molar-refractivity contribution in [3.05, 3.63) is 29.3 Å². The minimum absolute atomic E-state index is 0.233. The van der Waals surface area contributed by atoms with E-state index in [9.17, 15) is 8.78 Å². The van der Waals surface area contributed by atoms with Gasteiger partial charge >= 0.3 is 0 Å². The summed E-state index contributed by atoms with van der Waals surface area (Å²) in [6.07, 6.45) is 0. The number of hydrogen-bond donors (Lipinski definition) is 0. The topological polar surface area (TPSA) is 23.8 Å². The van der Waals surface area contributed by atoms with Crippen molar-refractivity contribution in [3.8, 4) is 5.40 Å². The van der Waals surface area contributed by atoms with Gasteiger partial charge in [-0.3, -0.25) is 0 Å². The predicted octanol–water partition coefficient (Wildman–Crippen LogP) is 2.85. The first-order valence-electron chi connectivity index (χ1n) is 3.16. The van der Waals surface area contributed by atoms with Crippen molar-refractivity contribution >= 4 is 11.8 Å². The van der Waals surface area contributed by atoms with Gasteiger partial charge in [-0.2, -0.15) is 5.26 Å². The van der Waals surface area contributed by atoms with Gasteiger partial charge < -0.3 is 0 Å². The van der Waals surface area contributed by atoms with E-state index in [1.165, 1.54) is 12.1 Å². The van der Waals surface area contributed by atoms with Gasteiger partial charge in [0, 0.05) is 0 Å². The zero-order valence-corrected chi connectivity index (χ0v) is 7.08. The average Bonchev–Trinajstić information content (AvgIpc) is 1.96. The minimum Gasteiger partial charge on any atom is -0.206 e. The van der Waals surface area contributed by atoms with Crippen molar-refractivity contribution in [3.63, 3.8) is 0 Å². The summed E-state index contributed by atoms with van der Waals surface area (Å²) in [6.45, 7) is 1.59. The fourth-order valence-corrected chi connectivity index (χ4v) is 1.23. The lowest BCUT2D eigenvalue weighted by molar-refractivity contribution is 0.539. The van der Waals surface area contributed by atoms with Gasteiger partial charge in [0.2, 0.25) is 0 Å². The van der Waals surface area contributed by atoms with Crippen LogP contribution in [0.4, 0.5) is 8.78 Å². The van der Waals surface area contributed by atoms with Crippen LogP contribution in [0.15, 0.2) is 17.0 Å². The Kier molecular flexibility index (Phi) is 2.66. The maximum atomic E-state index is 12.9. The number of nitriles is 1. The highest BCUT2D eigenvalue weighted by molar-refractivity contribution is 8.03. The minimum atomic E-state index is -0.681. The second kappa shape index (κ2) is 3.55. The largest absolute Gasteiger partial charge is 0.206 e. The van der Waals surface area contributed by atoms with Crippen molar-refractivity contribution in [2.45, 2.75) is 11.8 Å². The van der Waals surface area contributed by atoms with Gasteiger partial charge in [0.05, 0.1) is 4.90 Å². The van der Waals surface area contributed by atoms with Crippen LogP contribution < -0.4 is 0 Å². The van der Waals surface area contributed by atoms with E-state index in [0.29, 0.717) is 17.3 Å². The number of thiocyanates is 1. The molecule has 0 bridgehead atoms. The molecule has 0 N–H and O–H groups in total. The smallest absolute Gasteiger partial charge is 0.141 e. The van der Waals surface area contributed by atoms with E-state index in [-0.39, 0.29) is 4.90 Å². The molecular formula is C8H5F2NS. The molecule has 1 rings (SSSR count). The third-order valence-corrected chi connectivity index (χ3v) is 1.98. The molecule has 1 aromatic rings. The third kappa shape index (κ3) is 1.74. The first-order chi connectivity index (χ1) is 5.65. The Morgan fingerprint density at radius 1 is 1.33 bits per heavy atom. The molecule has 0 unspecified atom stereocenters. The van der Waals surface area contributed by atoms with E-state index in [0.717, 1.165) is 0 Å². The van der Waals surface area contributed by atoms with Crippen LogP contribution in [-0.4, -0.2) is 0 Å². The SMILES string of the molecule is Cc1cc(F)c(SC#N)c(F)c1. The first-order valence-corrected chi connectivity index (χ1v) is 3.98. The molecule has 62 valence electrons. The normalized spacial score (nSPS) is 9.50. The Labute approximate surface area is 73.0 Å². The molecule has 1 aromatic carbocycles. The highest BCUT2D eigenvalue weighted by atomic mass is 32.2. The quantitative estimate of drug-likeness (QED) is 0.496. The van der Waals surface area contributed by atoms with Crippen LogP contribution in [0.3, 0.4) is 0 Å². The summed E-state index contributed by atoms with van der Waals surface area (Å²) in [5.41, 5.74) is 0.507. The molecule has 0 heterocycles. The molecule has 0 saturated carbocycles. The summed E-state index contributed by atoms with van der Waals surface area (Å²) in [4.78, 5) is -0.233. The van der Waals surface area contributed by atoms with Crippen molar-refractivity contribution in [2.75, 3.05) is 0 Å². The number of nitrogens with zero attached hydrogens (tertiary/aromatic N) is 1. The molecule has 0 aliphatic rings. The second-order valence-electron chi connectivity index (χ2n) is 2.25. The van der Waals surface area contributed by atoms with E-state index < -0.39 is 11.6 Å². The van der Waals surface area contributed by atoms with Crippen LogP contribution in [0.25, 0.3) is 0 Å². The third-order valence-electron chi connectivity index (χ3n) is 1.29. The molecular weight excluding hydrogens is 180 g/mol. The van der Waals surface area contributed by atoms with Gasteiger partial charge in [0.25, 0.3) is 0 Å². The summed E-state index contributed by atoms with van der Waals surface area (Å²) in [7, 11) is 0. The molecule has 0 fully saturated rings. The van der Waals surface area contributed by atoms with Crippen LogP contribution in [0.5, 0.6) is 0 Å². The first kappa shape index (κ1) is 9.01. The predicted molar refractivity (Wildman–Crippen MR) is 42.6 cm³/mol. The van der Waals surface area contributed by atoms with Crippen molar-refractivity contribution in [1.29, 1.82) is 5.26 Å². The molecule has 0 radical (unpaired) electrons. The highest BCUT2D eigenvalue weighted by Gasteiger charge is 2.09. The number of thioether (sulfide) groups is 1.